The molecule has 64 heavy (non-hydrogen) atoms. The van der Waals surface area contributed by atoms with Gasteiger partial charge in [-0.15, -0.1) is 0 Å². The van der Waals surface area contributed by atoms with Crippen molar-refractivity contribution in [1.29, 1.82) is 0 Å². The predicted octanol–water partition coefficient (Wildman–Crippen LogP) is 14.2. The molecule has 0 saturated carbocycles. The van der Waals surface area contributed by atoms with E-state index in [0.717, 1.165) is 11.4 Å². The SMILES string of the molecule is C[Si]1(C)c2ccccc2-c2c(N(c3ccccc3)c3ccc4cc5c(cc4c3)-c3cc4cc(N(c6ccccc6)c6cccc7c6-c6ccccc6[Si]7(C)C)ccc4cc3-5)cccc21. The maximum Gasteiger partial charge on any atom is 0.113 e. The number of fused-ring (bicyclic) bond motifs is 12. The highest BCUT2D eigenvalue weighted by atomic mass is 28.3. The van der Waals surface area contributed by atoms with Crippen LogP contribution in [0.4, 0.5) is 34.1 Å². The number of rotatable bonds is 6. The van der Waals surface area contributed by atoms with Gasteiger partial charge in [-0.2, -0.15) is 0 Å². The standard InChI is InChI=1S/C60H46N2Si2/c1-63(2)55-25-13-11-21-47(55)59-53(23-15-27-57(59)63)61(43-17-7-5-8-18-43)45-31-29-39-35-49-50-36-40-30-32-46(34-42(40)38-52(50)51(49)37-41(39)33-45)62(44-19-9-6-10-20-44)54-24-16-28-58-60(54)48-22-12-14-26-56(48)64(58,3)4/h5-38H,1-4H3. The Morgan fingerprint density at radius 2 is 0.625 bits per heavy atom. The number of hydrogen-bond acceptors (Lipinski definition) is 2. The molecule has 0 radical (unpaired) electrons. The van der Waals surface area contributed by atoms with Crippen molar-refractivity contribution in [1.82, 2.24) is 0 Å². The zero-order chi connectivity index (χ0) is 42.9. The lowest BCUT2D eigenvalue weighted by Crippen LogP contribution is -2.49. The Morgan fingerprint density at radius 1 is 0.266 bits per heavy atom. The van der Waals surface area contributed by atoms with Crippen LogP contribution in [-0.2, 0) is 0 Å². The van der Waals surface area contributed by atoms with E-state index >= 15 is 0 Å². The average molecular weight is 851 g/mol. The highest BCUT2D eigenvalue weighted by Crippen LogP contribution is 2.52. The molecule has 2 heterocycles. The smallest absolute Gasteiger partial charge is 0.113 e. The molecule has 0 spiro atoms. The van der Waals surface area contributed by atoms with Crippen LogP contribution >= 0.6 is 0 Å². The minimum absolute atomic E-state index is 1.16. The van der Waals surface area contributed by atoms with Crippen molar-refractivity contribution in [2.45, 2.75) is 26.2 Å². The van der Waals surface area contributed by atoms with Crippen LogP contribution in [0.1, 0.15) is 0 Å². The van der Waals surface area contributed by atoms with Crippen molar-refractivity contribution in [2.75, 3.05) is 9.80 Å². The van der Waals surface area contributed by atoms with Crippen LogP contribution in [0.2, 0.25) is 26.2 Å². The van der Waals surface area contributed by atoms with Gasteiger partial charge in [0.1, 0.15) is 16.1 Å². The summed E-state index contributed by atoms with van der Waals surface area (Å²) in [5.74, 6) is 0. The van der Waals surface area contributed by atoms with E-state index in [4.69, 9.17) is 0 Å². The zero-order valence-corrected chi connectivity index (χ0v) is 38.5. The molecule has 2 nitrogen and oxygen atoms in total. The summed E-state index contributed by atoms with van der Waals surface area (Å²) in [4.78, 5) is 4.96. The lowest BCUT2D eigenvalue weighted by Gasteiger charge is -2.30. The molecule has 0 aromatic heterocycles. The number of hydrogen-bond donors (Lipinski definition) is 0. The van der Waals surface area contributed by atoms with Gasteiger partial charge in [0.15, 0.2) is 0 Å². The minimum atomic E-state index is -1.86. The number of anilines is 6. The van der Waals surface area contributed by atoms with E-state index in [1.807, 2.05) is 0 Å². The van der Waals surface area contributed by atoms with Gasteiger partial charge in [-0.25, -0.2) is 0 Å². The molecule has 2 aliphatic heterocycles. The summed E-state index contributed by atoms with van der Waals surface area (Å²) in [6.45, 7) is 9.99. The van der Waals surface area contributed by atoms with Crippen LogP contribution in [0.5, 0.6) is 0 Å². The number of nitrogens with zero attached hydrogens (tertiary/aromatic N) is 2. The fourth-order valence-electron chi connectivity index (χ4n) is 11.5. The molecule has 0 amide bonds. The van der Waals surface area contributed by atoms with Crippen LogP contribution in [0.25, 0.3) is 66.1 Å². The molecule has 13 rings (SSSR count). The van der Waals surface area contributed by atoms with Gasteiger partial charge < -0.3 is 9.80 Å². The van der Waals surface area contributed by atoms with Crippen LogP contribution in [0.15, 0.2) is 206 Å². The Labute approximate surface area is 377 Å². The molecular weight excluding hydrogens is 805 g/mol. The average Bonchev–Trinajstić information content (AvgIpc) is 3.71. The minimum Gasteiger partial charge on any atom is -0.310 e. The highest BCUT2D eigenvalue weighted by molar-refractivity contribution is 7.04. The predicted molar refractivity (Wildman–Crippen MR) is 280 cm³/mol. The maximum absolute atomic E-state index is 2.50. The van der Waals surface area contributed by atoms with E-state index in [9.17, 15) is 0 Å². The van der Waals surface area contributed by atoms with E-state index < -0.39 is 16.1 Å². The maximum atomic E-state index is 2.50. The molecule has 0 N–H and O–H groups in total. The van der Waals surface area contributed by atoms with Gasteiger partial charge in [0.25, 0.3) is 0 Å². The Hall–Kier alpha value is -7.25. The third-order valence-corrected chi connectivity index (χ3v) is 21.8. The van der Waals surface area contributed by atoms with Crippen molar-refractivity contribution in [3.05, 3.63) is 206 Å². The van der Waals surface area contributed by atoms with Gasteiger partial charge in [0, 0.05) is 33.9 Å². The molecule has 0 saturated heterocycles. The lowest BCUT2D eigenvalue weighted by molar-refractivity contribution is 1.29. The van der Waals surface area contributed by atoms with Gasteiger partial charge in [-0.05, 0) is 161 Å². The first-order valence-electron chi connectivity index (χ1n) is 22.6. The molecule has 10 aromatic rings. The topological polar surface area (TPSA) is 6.48 Å². The van der Waals surface area contributed by atoms with Crippen molar-refractivity contribution in [3.8, 4) is 44.5 Å². The Bertz CT molecular complexity index is 3340. The second-order valence-corrected chi connectivity index (χ2v) is 27.6. The second-order valence-electron chi connectivity index (χ2n) is 18.9. The van der Waals surface area contributed by atoms with Crippen molar-refractivity contribution in [2.24, 2.45) is 0 Å². The van der Waals surface area contributed by atoms with E-state index in [0.29, 0.717) is 0 Å². The number of benzene rings is 10. The third-order valence-electron chi connectivity index (χ3n) is 14.7. The summed E-state index contributed by atoms with van der Waals surface area (Å²) in [7, 11) is -3.72. The summed E-state index contributed by atoms with van der Waals surface area (Å²) in [5, 5.41) is 11.1. The fraction of sp³-hybridized carbons (Fsp3) is 0.0667. The molecule has 0 atom stereocenters. The summed E-state index contributed by atoms with van der Waals surface area (Å²) in [5.41, 5.74) is 18.0. The van der Waals surface area contributed by atoms with Crippen LogP contribution in [0, 0.1) is 0 Å². The van der Waals surface area contributed by atoms with Crippen molar-refractivity contribution in [3.63, 3.8) is 0 Å². The first-order chi connectivity index (χ1) is 31.3. The van der Waals surface area contributed by atoms with E-state index in [-0.39, 0.29) is 0 Å². The molecule has 304 valence electrons. The van der Waals surface area contributed by atoms with Gasteiger partial charge >= 0.3 is 0 Å². The summed E-state index contributed by atoms with van der Waals surface area (Å²) in [6, 6.07) is 77.7. The molecular formula is C60H46N2Si2. The van der Waals surface area contributed by atoms with Crippen LogP contribution in [0.3, 0.4) is 0 Å². The number of para-hydroxylation sites is 2. The van der Waals surface area contributed by atoms with Crippen molar-refractivity contribution >= 4 is 92.6 Å². The third kappa shape index (κ3) is 5.30. The Kier molecular flexibility index (Phi) is 7.95. The lowest BCUT2D eigenvalue weighted by atomic mass is 9.78. The first kappa shape index (κ1) is 37.3. The second kappa shape index (κ2) is 13.6. The zero-order valence-electron chi connectivity index (χ0n) is 36.5. The fourth-order valence-corrected chi connectivity index (χ4v) is 17.7. The summed E-state index contributed by atoms with van der Waals surface area (Å²) < 4.78 is 0. The summed E-state index contributed by atoms with van der Waals surface area (Å²) in [6.07, 6.45) is 0. The van der Waals surface area contributed by atoms with Gasteiger partial charge in [0.05, 0.1) is 11.4 Å². The Balaban J connectivity index is 0.928. The van der Waals surface area contributed by atoms with E-state index in [1.54, 1.807) is 0 Å². The molecule has 1 aliphatic carbocycles. The highest BCUT2D eigenvalue weighted by Gasteiger charge is 2.41. The van der Waals surface area contributed by atoms with E-state index in [1.165, 1.54) is 110 Å². The molecule has 0 bridgehead atoms. The largest absolute Gasteiger partial charge is 0.310 e. The van der Waals surface area contributed by atoms with Crippen molar-refractivity contribution < 1.29 is 0 Å². The monoisotopic (exact) mass is 850 g/mol. The normalized spacial score (nSPS) is 14.2. The quantitative estimate of drug-likeness (QED) is 0.154. The van der Waals surface area contributed by atoms with E-state index in [2.05, 4.69) is 242 Å². The molecule has 3 aliphatic rings. The Morgan fingerprint density at radius 3 is 1.05 bits per heavy atom. The molecule has 10 aromatic carbocycles. The molecule has 4 heteroatoms. The first-order valence-corrected chi connectivity index (χ1v) is 28.6. The molecule has 0 fully saturated rings. The van der Waals surface area contributed by atoms with Crippen LogP contribution < -0.4 is 30.5 Å². The van der Waals surface area contributed by atoms with Gasteiger partial charge in [-0.3, -0.25) is 0 Å². The van der Waals surface area contributed by atoms with Crippen LogP contribution in [-0.4, -0.2) is 16.1 Å². The molecule has 0 unspecified atom stereocenters. The summed E-state index contributed by atoms with van der Waals surface area (Å²) >= 11 is 0. The van der Waals surface area contributed by atoms with Gasteiger partial charge in [0.2, 0.25) is 0 Å². The van der Waals surface area contributed by atoms with Gasteiger partial charge in [-0.1, -0.05) is 148 Å².